The zero-order valence-electron chi connectivity index (χ0n) is 11.6. The fraction of sp³-hybridized carbons (Fsp3) is 0.667. The van der Waals surface area contributed by atoms with Crippen LogP contribution in [0.2, 0.25) is 0 Å². The smallest absolute Gasteiger partial charge is 0.193 e. The van der Waals surface area contributed by atoms with Crippen LogP contribution in [0.15, 0.2) is 17.8 Å². The molecule has 0 spiro atoms. The molecule has 2 atom stereocenters. The lowest BCUT2D eigenvalue weighted by Crippen LogP contribution is -2.26. The third-order valence-electron chi connectivity index (χ3n) is 4.26. The fourth-order valence-corrected chi connectivity index (χ4v) is 3.98. The van der Waals surface area contributed by atoms with Crippen LogP contribution in [0.5, 0.6) is 0 Å². The van der Waals surface area contributed by atoms with Gasteiger partial charge < -0.3 is 5.32 Å². The summed E-state index contributed by atoms with van der Waals surface area (Å²) in [6, 6.07) is 0. The number of thiazole rings is 1. The normalized spacial score (nSPS) is 23.4. The van der Waals surface area contributed by atoms with Gasteiger partial charge in [0, 0.05) is 17.8 Å². The van der Waals surface area contributed by atoms with E-state index < -0.39 is 0 Å². The van der Waals surface area contributed by atoms with Gasteiger partial charge in [-0.05, 0) is 50.6 Å². The molecule has 2 aromatic rings. The van der Waals surface area contributed by atoms with Gasteiger partial charge in [-0.2, -0.15) is 0 Å². The Kier molecular flexibility index (Phi) is 4.18. The lowest BCUT2D eigenvalue weighted by atomic mass is 9.91. The number of imidazole rings is 1. The van der Waals surface area contributed by atoms with Gasteiger partial charge in [0.1, 0.15) is 0 Å². The lowest BCUT2D eigenvalue weighted by Gasteiger charge is -2.19. The SMILES string of the molecule is CCCNCC1CCCC1Cc1cn2ccsc2n1. The summed E-state index contributed by atoms with van der Waals surface area (Å²) < 4.78 is 2.15. The van der Waals surface area contributed by atoms with Gasteiger partial charge in [-0.25, -0.2) is 4.98 Å². The average Bonchev–Trinajstić information content (AvgIpc) is 3.06. The predicted molar refractivity (Wildman–Crippen MR) is 80.8 cm³/mol. The number of fused-ring (bicyclic) bond motifs is 1. The molecule has 0 bridgehead atoms. The molecule has 0 radical (unpaired) electrons. The summed E-state index contributed by atoms with van der Waals surface area (Å²) in [7, 11) is 0. The Hall–Kier alpha value is -0.870. The maximum absolute atomic E-state index is 4.73. The Morgan fingerprint density at radius 1 is 1.42 bits per heavy atom. The van der Waals surface area contributed by atoms with E-state index in [2.05, 4.69) is 34.4 Å². The van der Waals surface area contributed by atoms with Crippen molar-refractivity contribution in [1.29, 1.82) is 0 Å². The van der Waals surface area contributed by atoms with Crippen LogP contribution >= 0.6 is 11.3 Å². The summed E-state index contributed by atoms with van der Waals surface area (Å²) in [5, 5.41) is 5.69. The Balaban J connectivity index is 1.60. The molecule has 1 saturated carbocycles. The minimum absolute atomic E-state index is 0.828. The molecule has 4 heteroatoms. The van der Waals surface area contributed by atoms with Crippen LogP contribution in [0.3, 0.4) is 0 Å². The first-order valence-corrected chi connectivity index (χ1v) is 8.36. The molecule has 1 aliphatic carbocycles. The van der Waals surface area contributed by atoms with Crippen LogP contribution in [0.4, 0.5) is 0 Å². The van der Waals surface area contributed by atoms with Crippen LogP contribution in [-0.4, -0.2) is 22.5 Å². The summed E-state index contributed by atoms with van der Waals surface area (Å²) in [5.41, 5.74) is 1.28. The van der Waals surface area contributed by atoms with Gasteiger partial charge in [0.2, 0.25) is 0 Å². The first kappa shape index (κ1) is 13.1. The van der Waals surface area contributed by atoms with Crippen LogP contribution < -0.4 is 5.32 Å². The van der Waals surface area contributed by atoms with E-state index in [4.69, 9.17) is 4.98 Å². The summed E-state index contributed by atoms with van der Waals surface area (Å²) in [5.74, 6) is 1.68. The molecule has 1 N–H and O–H groups in total. The number of hydrogen-bond donors (Lipinski definition) is 1. The lowest BCUT2D eigenvalue weighted by molar-refractivity contribution is 0.363. The number of hydrogen-bond acceptors (Lipinski definition) is 3. The molecule has 19 heavy (non-hydrogen) atoms. The zero-order valence-corrected chi connectivity index (χ0v) is 12.5. The highest BCUT2D eigenvalue weighted by atomic mass is 32.1. The van der Waals surface area contributed by atoms with Crippen molar-refractivity contribution in [3.05, 3.63) is 23.5 Å². The summed E-state index contributed by atoms with van der Waals surface area (Å²) in [4.78, 5) is 5.86. The Morgan fingerprint density at radius 2 is 2.32 bits per heavy atom. The minimum Gasteiger partial charge on any atom is -0.316 e. The van der Waals surface area contributed by atoms with Crippen molar-refractivity contribution in [1.82, 2.24) is 14.7 Å². The molecule has 2 unspecified atom stereocenters. The van der Waals surface area contributed by atoms with Crippen molar-refractivity contribution >= 4 is 16.3 Å². The van der Waals surface area contributed by atoms with Gasteiger partial charge in [0.25, 0.3) is 0 Å². The van der Waals surface area contributed by atoms with E-state index in [0.29, 0.717) is 0 Å². The molecular weight excluding hydrogens is 254 g/mol. The fourth-order valence-electron chi connectivity index (χ4n) is 3.26. The van der Waals surface area contributed by atoms with Gasteiger partial charge in [-0.1, -0.05) is 13.3 Å². The van der Waals surface area contributed by atoms with E-state index in [1.54, 1.807) is 11.3 Å². The van der Waals surface area contributed by atoms with E-state index >= 15 is 0 Å². The Bertz CT molecular complexity index is 488. The molecule has 0 aliphatic heterocycles. The van der Waals surface area contributed by atoms with E-state index in [-0.39, 0.29) is 0 Å². The third kappa shape index (κ3) is 3.00. The monoisotopic (exact) mass is 277 g/mol. The molecule has 1 fully saturated rings. The molecule has 0 amide bonds. The molecule has 0 saturated heterocycles. The molecule has 104 valence electrons. The maximum Gasteiger partial charge on any atom is 0.193 e. The van der Waals surface area contributed by atoms with Gasteiger partial charge >= 0.3 is 0 Å². The second-order valence-electron chi connectivity index (χ2n) is 5.68. The van der Waals surface area contributed by atoms with Crippen molar-refractivity contribution in [3.8, 4) is 0 Å². The second-order valence-corrected chi connectivity index (χ2v) is 6.56. The van der Waals surface area contributed by atoms with Crippen molar-refractivity contribution in [2.24, 2.45) is 11.8 Å². The summed E-state index contributed by atoms with van der Waals surface area (Å²) >= 11 is 1.72. The van der Waals surface area contributed by atoms with Gasteiger partial charge in [0.05, 0.1) is 5.69 Å². The third-order valence-corrected chi connectivity index (χ3v) is 5.03. The van der Waals surface area contributed by atoms with Gasteiger partial charge in [0.15, 0.2) is 4.96 Å². The van der Waals surface area contributed by atoms with Gasteiger partial charge in [-0.3, -0.25) is 4.40 Å². The van der Waals surface area contributed by atoms with Crippen molar-refractivity contribution in [2.45, 2.75) is 39.0 Å². The molecule has 2 heterocycles. The zero-order chi connectivity index (χ0) is 13.1. The van der Waals surface area contributed by atoms with Crippen LogP contribution in [-0.2, 0) is 6.42 Å². The van der Waals surface area contributed by atoms with Crippen LogP contribution in [0.25, 0.3) is 4.96 Å². The molecule has 2 aromatic heterocycles. The molecule has 3 rings (SSSR count). The minimum atomic E-state index is 0.828. The second kappa shape index (κ2) is 6.06. The van der Waals surface area contributed by atoms with E-state index in [9.17, 15) is 0 Å². The highest BCUT2D eigenvalue weighted by molar-refractivity contribution is 7.15. The largest absolute Gasteiger partial charge is 0.316 e. The summed E-state index contributed by atoms with van der Waals surface area (Å²) in [6.45, 7) is 4.58. The first-order valence-electron chi connectivity index (χ1n) is 7.48. The van der Waals surface area contributed by atoms with Crippen molar-refractivity contribution in [2.75, 3.05) is 13.1 Å². The summed E-state index contributed by atoms with van der Waals surface area (Å²) in [6.07, 6.45) is 10.9. The molecular formula is C15H23N3S. The van der Waals surface area contributed by atoms with Crippen LogP contribution in [0.1, 0.15) is 38.3 Å². The number of nitrogens with zero attached hydrogens (tertiary/aromatic N) is 2. The molecule has 1 aliphatic rings. The molecule has 0 aromatic carbocycles. The maximum atomic E-state index is 4.73. The first-order chi connectivity index (χ1) is 9.36. The topological polar surface area (TPSA) is 29.3 Å². The van der Waals surface area contributed by atoms with Gasteiger partial charge in [-0.15, -0.1) is 11.3 Å². The average molecular weight is 277 g/mol. The Morgan fingerprint density at radius 3 is 3.16 bits per heavy atom. The highest BCUT2D eigenvalue weighted by Gasteiger charge is 2.27. The van der Waals surface area contributed by atoms with E-state index in [1.165, 1.54) is 37.9 Å². The number of rotatable bonds is 6. The number of aromatic nitrogens is 2. The van der Waals surface area contributed by atoms with Crippen molar-refractivity contribution < 1.29 is 0 Å². The quantitative estimate of drug-likeness (QED) is 0.820. The van der Waals surface area contributed by atoms with Crippen LogP contribution in [0, 0.1) is 11.8 Å². The highest BCUT2D eigenvalue weighted by Crippen LogP contribution is 2.33. The van der Waals surface area contributed by atoms with E-state index in [1.807, 2.05) is 0 Å². The molecule has 3 nitrogen and oxygen atoms in total. The van der Waals surface area contributed by atoms with Crippen molar-refractivity contribution in [3.63, 3.8) is 0 Å². The van der Waals surface area contributed by atoms with E-state index in [0.717, 1.165) is 29.8 Å². The predicted octanol–water partition coefficient (Wildman–Crippen LogP) is 3.35. The Labute approximate surface area is 119 Å². The number of nitrogens with one attached hydrogen (secondary N) is 1. The standard InChI is InChI=1S/C15H23N3S/c1-2-6-16-10-13-5-3-4-12(13)9-14-11-18-7-8-19-15(18)17-14/h7-8,11-13,16H,2-6,9-10H2,1H3.